The zero-order chi connectivity index (χ0) is 24.5. The van der Waals surface area contributed by atoms with E-state index in [-0.39, 0.29) is 11.6 Å². The molecule has 0 bridgehead atoms. The van der Waals surface area contributed by atoms with Crippen molar-refractivity contribution in [3.05, 3.63) is 113 Å². The van der Waals surface area contributed by atoms with E-state index in [1.54, 1.807) is 14.2 Å². The lowest BCUT2D eigenvalue weighted by Crippen LogP contribution is -2.24. The molecule has 1 heterocycles. The maximum absolute atomic E-state index is 12.6. The van der Waals surface area contributed by atoms with E-state index in [2.05, 4.69) is 27.3 Å². The first-order valence-electron chi connectivity index (χ1n) is 11.4. The summed E-state index contributed by atoms with van der Waals surface area (Å²) in [5.74, 6) is 1.57. The minimum atomic E-state index is -0.270. The van der Waals surface area contributed by atoms with E-state index in [4.69, 9.17) is 13.9 Å². The number of carbonyl (C=O) groups excluding carboxylic acids is 1. The number of rotatable bonds is 11. The zero-order valence-electron chi connectivity index (χ0n) is 19.9. The van der Waals surface area contributed by atoms with Crippen LogP contribution in [-0.2, 0) is 26.2 Å². The highest BCUT2D eigenvalue weighted by Gasteiger charge is 2.18. The van der Waals surface area contributed by atoms with Crippen LogP contribution >= 0.6 is 0 Å². The highest BCUT2D eigenvalue weighted by Crippen LogP contribution is 2.32. The van der Waals surface area contributed by atoms with Crippen LogP contribution < -0.4 is 14.8 Å². The number of nitrogens with zero attached hydrogens (tertiary/aromatic N) is 2. The molecule has 0 spiro atoms. The van der Waals surface area contributed by atoms with Crippen molar-refractivity contribution in [2.45, 2.75) is 26.2 Å². The van der Waals surface area contributed by atoms with Crippen LogP contribution in [0.1, 0.15) is 33.1 Å². The Bertz CT molecular complexity index is 1230. The predicted octanol–water partition coefficient (Wildman–Crippen LogP) is 4.82. The van der Waals surface area contributed by atoms with Gasteiger partial charge in [0.15, 0.2) is 17.2 Å². The number of benzene rings is 3. The third kappa shape index (κ3) is 6.49. The molecule has 7 heteroatoms. The highest BCUT2D eigenvalue weighted by molar-refractivity contribution is 5.91. The molecule has 0 aliphatic heterocycles. The zero-order valence-corrected chi connectivity index (χ0v) is 19.9. The van der Waals surface area contributed by atoms with E-state index >= 15 is 0 Å². The normalized spacial score (nSPS) is 10.8. The lowest BCUT2D eigenvalue weighted by atomic mass is 10.1. The van der Waals surface area contributed by atoms with Gasteiger partial charge in [0.05, 0.1) is 20.8 Å². The predicted molar refractivity (Wildman–Crippen MR) is 133 cm³/mol. The fraction of sp³-hybridized carbons (Fsp3) is 0.214. The Labute approximate surface area is 205 Å². The maximum Gasteiger partial charge on any atom is 0.273 e. The second-order valence-corrected chi connectivity index (χ2v) is 8.08. The molecule has 1 aromatic heterocycles. The van der Waals surface area contributed by atoms with Crippen LogP contribution in [0.15, 0.2) is 89.5 Å². The molecular formula is C28H29N3O4. The largest absolute Gasteiger partial charge is 0.493 e. The Kier molecular flexibility index (Phi) is 8.14. The first-order chi connectivity index (χ1) is 17.2. The van der Waals surface area contributed by atoms with Crippen molar-refractivity contribution in [2.75, 3.05) is 14.2 Å². The molecule has 0 radical (unpaired) electrons. The number of ether oxygens (including phenoxy) is 2. The van der Waals surface area contributed by atoms with Crippen molar-refractivity contribution in [1.29, 1.82) is 0 Å². The fourth-order valence-corrected chi connectivity index (χ4v) is 3.88. The topological polar surface area (TPSA) is 76.8 Å². The number of nitrogens with one attached hydrogen (secondary N) is 1. The second kappa shape index (κ2) is 11.9. The van der Waals surface area contributed by atoms with Gasteiger partial charge in [0.2, 0.25) is 5.89 Å². The first kappa shape index (κ1) is 24.0. The third-order valence-corrected chi connectivity index (χ3v) is 5.57. The van der Waals surface area contributed by atoms with E-state index in [0.717, 1.165) is 16.7 Å². The summed E-state index contributed by atoms with van der Waals surface area (Å²) in [7, 11) is 3.26. The average molecular weight is 472 g/mol. The number of oxazole rings is 1. The van der Waals surface area contributed by atoms with Gasteiger partial charge in [-0.05, 0) is 17.2 Å². The van der Waals surface area contributed by atoms with Crippen LogP contribution in [0.5, 0.6) is 11.5 Å². The summed E-state index contributed by atoms with van der Waals surface area (Å²) in [6, 6.07) is 25.7. The number of carbonyl (C=O) groups is 1. The minimum Gasteiger partial charge on any atom is -0.493 e. The number of hydrogen-bond acceptors (Lipinski definition) is 6. The summed E-state index contributed by atoms with van der Waals surface area (Å²) in [5.41, 5.74) is 3.41. The molecule has 3 aromatic carbocycles. The Morgan fingerprint density at radius 2 is 1.57 bits per heavy atom. The molecule has 180 valence electrons. The molecule has 0 saturated heterocycles. The van der Waals surface area contributed by atoms with Gasteiger partial charge in [0, 0.05) is 25.2 Å². The summed E-state index contributed by atoms with van der Waals surface area (Å²) in [6.45, 7) is 2.09. The van der Waals surface area contributed by atoms with Gasteiger partial charge in [-0.25, -0.2) is 4.98 Å². The number of hydrogen-bond donors (Lipinski definition) is 1. The van der Waals surface area contributed by atoms with Crippen molar-refractivity contribution < 1.29 is 18.7 Å². The van der Waals surface area contributed by atoms with Crippen LogP contribution in [0.25, 0.3) is 0 Å². The van der Waals surface area contributed by atoms with Gasteiger partial charge >= 0.3 is 0 Å². The smallest absolute Gasteiger partial charge is 0.273 e. The van der Waals surface area contributed by atoms with Crippen molar-refractivity contribution in [3.63, 3.8) is 0 Å². The van der Waals surface area contributed by atoms with Crippen LogP contribution in [-0.4, -0.2) is 30.0 Å². The highest BCUT2D eigenvalue weighted by atomic mass is 16.5. The summed E-state index contributed by atoms with van der Waals surface area (Å²) in [6.07, 6.45) is 1.41. The van der Waals surface area contributed by atoms with E-state index in [1.807, 2.05) is 66.7 Å². The second-order valence-electron chi connectivity index (χ2n) is 8.08. The number of amides is 1. The Balaban J connectivity index is 1.49. The Hall–Kier alpha value is -4.10. The van der Waals surface area contributed by atoms with Gasteiger partial charge < -0.3 is 19.2 Å². The van der Waals surface area contributed by atoms with Crippen molar-refractivity contribution in [1.82, 2.24) is 15.2 Å². The summed E-state index contributed by atoms with van der Waals surface area (Å²) < 4.78 is 16.8. The molecule has 0 atom stereocenters. The number of para-hydroxylation sites is 1. The SMILES string of the molecule is COc1cccc(CN(Cc2ccccc2)Cc2nc(C(=O)NCc3ccccc3)co2)c1OC. The molecule has 0 aliphatic carbocycles. The summed E-state index contributed by atoms with van der Waals surface area (Å²) in [5, 5.41) is 2.88. The van der Waals surface area contributed by atoms with E-state index < -0.39 is 0 Å². The molecular weight excluding hydrogens is 442 g/mol. The van der Waals surface area contributed by atoms with Crippen LogP contribution in [0.2, 0.25) is 0 Å². The van der Waals surface area contributed by atoms with Crippen molar-refractivity contribution in [2.24, 2.45) is 0 Å². The standard InChI is InChI=1S/C28H29N3O4/c1-33-25-15-9-14-23(27(25)34-2)18-31(17-22-12-7-4-8-13-22)19-26-30-24(20-35-26)28(32)29-16-21-10-5-3-6-11-21/h3-15,20H,16-19H2,1-2H3,(H,29,32). The van der Waals surface area contributed by atoms with Gasteiger partial charge in [-0.1, -0.05) is 72.8 Å². The van der Waals surface area contributed by atoms with E-state index in [9.17, 15) is 4.79 Å². The quantitative estimate of drug-likeness (QED) is 0.338. The van der Waals surface area contributed by atoms with Crippen LogP contribution in [0.4, 0.5) is 0 Å². The lowest BCUT2D eigenvalue weighted by Gasteiger charge is -2.23. The molecule has 4 rings (SSSR count). The third-order valence-electron chi connectivity index (χ3n) is 5.57. The molecule has 4 aromatic rings. The van der Waals surface area contributed by atoms with Crippen LogP contribution in [0.3, 0.4) is 0 Å². The number of methoxy groups -OCH3 is 2. The Morgan fingerprint density at radius 3 is 2.26 bits per heavy atom. The maximum atomic E-state index is 12.6. The van der Waals surface area contributed by atoms with Gasteiger partial charge in [-0.15, -0.1) is 0 Å². The minimum absolute atomic E-state index is 0.259. The average Bonchev–Trinajstić information content (AvgIpc) is 3.37. The fourth-order valence-electron chi connectivity index (χ4n) is 3.88. The summed E-state index contributed by atoms with van der Waals surface area (Å²) >= 11 is 0. The first-order valence-corrected chi connectivity index (χ1v) is 11.4. The van der Waals surface area contributed by atoms with Gasteiger partial charge in [-0.3, -0.25) is 9.69 Å². The molecule has 35 heavy (non-hydrogen) atoms. The Morgan fingerprint density at radius 1 is 0.857 bits per heavy atom. The molecule has 0 saturated carbocycles. The monoisotopic (exact) mass is 471 g/mol. The van der Waals surface area contributed by atoms with Gasteiger partial charge in [0.25, 0.3) is 5.91 Å². The van der Waals surface area contributed by atoms with E-state index in [1.165, 1.54) is 6.26 Å². The molecule has 7 nitrogen and oxygen atoms in total. The lowest BCUT2D eigenvalue weighted by molar-refractivity contribution is 0.0945. The van der Waals surface area contributed by atoms with Crippen molar-refractivity contribution in [3.8, 4) is 11.5 Å². The van der Waals surface area contributed by atoms with Gasteiger partial charge in [0.1, 0.15) is 6.26 Å². The van der Waals surface area contributed by atoms with Crippen LogP contribution in [0, 0.1) is 0 Å². The molecule has 1 amide bonds. The van der Waals surface area contributed by atoms with Crippen molar-refractivity contribution >= 4 is 5.91 Å². The molecule has 0 fully saturated rings. The van der Waals surface area contributed by atoms with E-state index in [0.29, 0.717) is 43.6 Å². The number of aromatic nitrogens is 1. The summed E-state index contributed by atoms with van der Waals surface area (Å²) in [4.78, 5) is 19.2. The van der Waals surface area contributed by atoms with Gasteiger partial charge in [-0.2, -0.15) is 0 Å². The molecule has 1 N–H and O–H groups in total. The molecule has 0 aliphatic rings. The molecule has 0 unspecified atom stereocenters.